The van der Waals surface area contributed by atoms with Crippen LogP contribution in [0.1, 0.15) is 28.3 Å². The second kappa shape index (κ2) is 12.5. The van der Waals surface area contributed by atoms with E-state index in [-0.39, 0.29) is 11.3 Å². The summed E-state index contributed by atoms with van der Waals surface area (Å²) in [5.74, 6) is -0.192. The van der Waals surface area contributed by atoms with Gasteiger partial charge in [-0.2, -0.15) is 0 Å². The van der Waals surface area contributed by atoms with Gasteiger partial charge >= 0.3 is 0 Å². The second-order valence-corrected chi connectivity index (χ2v) is 9.87. The number of rotatable bonds is 11. The molecule has 0 radical (unpaired) electrons. The molecule has 3 aromatic rings. The molecule has 1 saturated heterocycles. The minimum atomic E-state index is -0.718. The van der Waals surface area contributed by atoms with Crippen LogP contribution in [0.5, 0.6) is 11.5 Å². The normalized spacial score (nSPS) is 16.5. The zero-order chi connectivity index (χ0) is 27.9. The van der Waals surface area contributed by atoms with E-state index in [1.54, 1.807) is 29.2 Å². The molecule has 2 N–H and O–H groups in total. The highest BCUT2D eigenvalue weighted by Gasteiger charge is 2.46. The van der Waals surface area contributed by atoms with Gasteiger partial charge < -0.3 is 24.4 Å². The molecule has 4 rings (SSSR count). The number of nitrogens with zero attached hydrogens (tertiary/aromatic N) is 1. The van der Waals surface area contributed by atoms with Crippen molar-refractivity contribution in [2.24, 2.45) is 0 Å². The number of Topliss-reactive ketones (excluding diaryl/α,β-unsaturated/α-hetero) is 1. The molecule has 0 saturated carbocycles. The lowest BCUT2D eigenvalue weighted by Gasteiger charge is -2.26. The Kier molecular flexibility index (Phi) is 8.84. The van der Waals surface area contributed by atoms with Gasteiger partial charge in [-0.3, -0.25) is 9.59 Å². The average Bonchev–Trinajstić information content (AvgIpc) is 3.19. The van der Waals surface area contributed by atoms with E-state index in [4.69, 9.17) is 9.47 Å². The first-order chi connectivity index (χ1) is 18.8. The zero-order valence-electron chi connectivity index (χ0n) is 22.6. The van der Waals surface area contributed by atoms with E-state index >= 15 is 0 Å². The van der Waals surface area contributed by atoms with E-state index in [0.717, 1.165) is 21.6 Å². The molecule has 1 amide bonds. The fourth-order valence-corrected chi connectivity index (χ4v) is 4.55. The third-order valence-electron chi connectivity index (χ3n) is 6.64. The number of aliphatic hydroxyl groups is 1. The number of quaternary nitrogens is 1. The topological polar surface area (TPSA) is 80.5 Å². The van der Waals surface area contributed by atoms with Gasteiger partial charge in [-0.1, -0.05) is 55.1 Å². The molecular weight excluding hydrogens is 492 g/mol. The molecule has 0 aliphatic carbocycles. The standard InChI is InChI=1S/C32H34N2O5/c1-5-19-38-27-16-13-25(20-22(27)2)30(35)28-29(34(18-17-33(3)4)32(37)31(28)36)24-11-14-26(15-12-24)39-21-23-9-7-6-8-10-23/h5-16,20,29,35H,1,17-19,21H2,2-4H3/p+1/t29-/m0/s1. The first-order valence-electron chi connectivity index (χ1n) is 13.0. The van der Waals surface area contributed by atoms with E-state index in [1.807, 2.05) is 75.6 Å². The lowest BCUT2D eigenvalue weighted by Crippen LogP contribution is -3.06. The molecule has 7 nitrogen and oxygen atoms in total. The van der Waals surface area contributed by atoms with E-state index < -0.39 is 17.7 Å². The largest absolute Gasteiger partial charge is 0.507 e. The highest BCUT2D eigenvalue weighted by molar-refractivity contribution is 6.46. The Morgan fingerprint density at radius 2 is 1.74 bits per heavy atom. The predicted molar refractivity (Wildman–Crippen MR) is 151 cm³/mol. The molecule has 39 heavy (non-hydrogen) atoms. The van der Waals surface area contributed by atoms with Gasteiger partial charge in [0.25, 0.3) is 11.7 Å². The number of aliphatic hydroxyl groups excluding tert-OH is 1. The molecular formula is C32H35N2O5+. The summed E-state index contributed by atoms with van der Waals surface area (Å²) in [7, 11) is 3.98. The fourth-order valence-electron chi connectivity index (χ4n) is 4.55. The molecule has 1 heterocycles. The van der Waals surface area contributed by atoms with Crippen molar-refractivity contribution in [1.29, 1.82) is 0 Å². The van der Waals surface area contributed by atoms with Crippen molar-refractivity contribution in [3.8, 4) is 11.5 Å². The number of carbonyl (C=O) groups excluding carboxylic acids is 2. The molecule has 1 aliphatic heterocycles. The Bertz CT molecular complexity index is 1360. The minimum absolute atomic E-state index is 0.0749. The molecule has 7 heteroatoms. The Morgan fingerprint density at radius 3 is 2.38 bits per heavy atom. The molecule has 1 aliphatic rings. The summed E-state index contributed by atoms with van der Waals surface area (Å²) in [6.45, 7) is 7.33. The maximum absolute atomic E-state index is 13.3. The molecule has 3 aromatic carbocycles. The lowest BCUT2D eigenvalue weighted by molar-refractivity contribution is -0.857. The van der Waals surface area contributed by atoms with E-state index in [9.17, 15) is 14.7 Å². The monoisotopic (exact) mass is 527 g/mol. The number of benzene rings is 3. The van der Waals surface area contributed by atoms with Crippen molar-refractivity contribution < 1.29 is 29.1 Å². The van der Waals surface area contributed by atoms with Crippen molar-refractivity contribution >= 4 is 17.4 Å². The van der Waals surface area contributed by atoms with Crippen LogP contribution in [0.3, 0.4) is 0 Å². The molecule has 0 bridgehead atoms. The van der Waals surface area contributed by atoms with Crippen LogP contribution >= 0.6 is 0 Å². The lowest BCUT2D eigenvalue weighted by atomic mass is 9.94. The van der Waals surface area contributed by atoms with E-state index in [0.29, 0.717) is 43.4 Å². The Morgan fingerprint density at radius 1 is 1.03 bits per heavy atom. The van der Waals surface area contributed by atoms with Gasteiger partial charge in [-0.25, -0.2) is 0 Å². The summed E-state index contributed by atoms with van der Waals surface area (Å²) < 4.78 is 11.6. The number of amides is 1. The third kappa shape index (κ3) is 6.38. The van der Waals surface area contributed by atoms with E-state index in [2.05, 4.69) is 6.58 Å². The highest BCUT2D eigenvalue weighted by atomic mass is 16.5. The van der Waals surface area contributed by atoms with Crippen LogP contribution in [-0.4, -0.2) is 55.5 Å². The number of ether oxygens (including phenoxy) is 2. The predicted octanol–water partition coefficient (Wildman–Crippen LogP) is 3.71. The summed E-state index contributed by atoms with van der Waals surface area (Å²) in [4.78, 5) is 29.2. The van der Waals surface area contributed by atoms with Gasteiger partial charge in [-0.05, 0) is 53.9 Å². The number of aryl methyl sites for hydroxylation is 1. The molecule has 202 valence electrons. The maximum atomic E-state index is 13.3. The fraction of sp³-hybridized carbons (Fsp3) is 0.250. The number of nitrogens with one attached hydrogen (secondary N) is 1. The van der Waals surface area contributed by atoms with Crippen LogP contribution in [0.4, 0.5) is 0 Å². The van der Waals surface area contributed by atoms with Crippen molar-refractivity contribution in [3.05, 3.63) is 113 Å². The van der Waals surface area contributed by atoms with Gasteiger partial charge in [0.05, 0.1) is 38.8 Å². The van der Waals surface area contributed by atoms with Crippen molar-refractivity contribution in [2.75, 3.05) is 33.8 Å². The average molecular weight is 528 g/mol. The number of likely N-dealkylation sites (N-methyl/N-ethyl adjacent to an activating group) is 1. The van der Waals surface area contributed by atoms with E-state index in [1.165, 1.54) is 0 Å². The second-order valence-electron chi connectivity index (χ2n) is 9.87. The van der Waals surface area contributed by atoms with Crippen LogP contribution in [-0.2, 0) is 16.2 Å². The minimum Gasteiger partial charge on any atom is -0.507 e. The SMILES string of the molecule is C=CCOc1ccc(C(O)=C2C(=O)C(=O)N(CC[NH+](C)C)[C@H]2c2ccc(OCc3ccccc3)cc2)cc1C. The highest BCUT2D eigenvalue weighted by Crippen LogP contribution is 2.40. The zero-order valence-corrected chi connectivity index (χ0v) is 22.6. The van der Waals surface area contributed by atoms with Crippen LogP contribution in [0.15, 0.2) is 91.0 Å². The van der Waals surface area contributed by atoms with Gasteiger partial charge in [0.1, 0.15) is 30.5 Å². The first kappa shape index (κ1) is 27.7. The number of ketones is 1. The molecule has 0 spiro atoms. The molecule has 1 atom stereocenters. The van der Waals surface area contributed by atoms with Crippen LogP contribution in [0, 0.1) is 6.92 Å². The number of likely N-dealkylation sites (tertiary alicyclic amines) is 1. The quantitative estimate of drug-likeness (QED) is 0.172. The van der Waals surface area contributed by atoms with Crippen LogP contribution in [0.25, 0.3) is 5.76 Å². The van der Waals surface area contributed by atoms with Crippen molar-refractivity contribution in [3.63, 3.8) is 0 Å². The third-order valence-corrected chi connectivity index (χ3v) is 6.64. The van der Waals surface area contributed by atoms with Gasteiger partial charge in [0, 0.05) is 5.56 Å². The van der Waals surface area contributed by atoms with Crippen LogP contribution < -0.4 is 14.4 Å². The molecule has 1 fully saturated rings. The smallest absolute Gasteiger partial charge is 0.295 e. The van der Waals surface area contributed by atoms with Gasteiger partial charge in [-0.15, -0.1) is 0 Å². The summed E-state index contributed by atoms with van der Waals surface area (Å²) in [6.07, 6.45) is 1.65. The Labute approximate surface area is 229 Å². The van der Waals surface area contributed by atoms with Gasteiger partial charge in [0.2, 0.25) is 0 Å². The Balaban J connectivity index is 1.68. The summed E-state index contributed by atoms with van der Waals surface area (Å²) in [5.41, 5.74) is 3.09. The summed E-state index contributed by atoms with van der Waals surface area (Å²) >= 11 is 0. The summed E-state index contributed by atoms with van der Waals surface area (Å²) in [5, 5.41) is 11.4. The number of hydrogen-bond donors (Lipinski definition) is 2. The number of hydrogen-bond acceptors (Lipinski definition) is 5. The maximum Gasteiger partial charge on any atom is 0.295 e. The van der Waals surface area contributed by atoms with Crippen molar-refractivity contribution in [1.82, 2.24) is 4.90 Å². The number of carbonyl (C=O) groups is 2. The Hall–Kier alpha value is -4.36. The van der Waals surface area contributed by atoms with Crippen LogP contribution in [0.2, 0.25) is 0 Å². The summed E-state index contributed by atoms with van der Waals surface area (Å²) in [6, 6.07) is 21.7. The molecule has 0 unspecified atom stereocenters. The van der Waals surface area contributed by atoms with Gasteiger partial charge in [0.15, 0.2) is 0 Å². The first-order valence-corrected chi connectivity index (χ1v) is 13.0. The van der Waals surface area contributed by atoms with Crippen molar-refractivity contribution in [2.45, 2.75) is 19.6 Å². The molecule has 0 aromatic heterocycles.